The fraction of sp³-hybridized carbons (Fsp3) is 0.100. The van der Waals surface area contributed by atoms with Gasteiger partial charge in [-0.25, -0.2) is 4.90 Å². The molecule has 2 amide bonds. The first-order valence-electron chi connectivity index (χ1n) is 8.16. The van der Waals surface area contributed by atoms with Gasteiger partial charge in [0.1, 0.15) is 0 Å². The Hall–Kier alpha value is -2.70. The van der Waals surface area contributed by atoms with E-state index in [9.17, 15) is 9.59 Å². The molecule has 26 heavy (non-hydrogen) atoms. The second-order valence-corrected chi connectivity index (χ2v) is 6.88. The van der Waals surface area contributed by atoms with Crippen LogP contribution in [0.4, 0.5) is 11.4 Å². The van der Waals surface area contributed by atoms with E-state index < -0.39 is 0 Å². The highest BCUT2D eigenvalue weighted by Gasteiger charge is 2.34. The van der Waals surface area contributed by atoms with Crippen LogP contribution in [0.25, 0.3) is 10.8 Å². The summed E-state index contributed by atoms with van der Waals surface area (Å²) in [6, 6.07) is 16.0. The van der Waals surface area contributed by atoms with Crippen molar-refractivity contribution < 1.29 is 14.7 Å². The third kappa shape index (κ3) is 2.58. The number of aliphatic hydroxyl groups is 1. The molecule has 6 heteroatoms. The van der Waals surface area contributed by atoms with Crippen LogP contribution in [0.3, 0.4) is 0 Å². The molecule has 2 N–H and O–H groups in total. The lowest BCUT2D eigenvalue weighted by atomic mass is 9.92. The van der Waals surface area contributed by atoms with Crippen LogP contribution in [0, 0.1) is 0 Å². The monoisotopic (exact) mass is 410 g/mol. The molecule has 0 saturated heterocycles. The van der Waals surface area contributed by atoms with Gasteiger partial charge in [0, 0.05) is 38.6 Å². The van der Waals surface area contributed by atoms with Crippen molar-refractivity contribution in [3.8, 4) is 0 Å². The standard InChI is InChI=1S/C20H15BrN2O3/c21-12-4-6-13(7-5-12)23-19(25)15-3-1-2-14-17(22-10-11-24)9-8-16(18(14)15)20(23)26/h1-9,22,24H,10-11H2. The summed E-state index contributed by atoms with van der Waals surface area (Å²) in [5, 5.41) is 13.6. The van der Waals surface area contributed by atoms with Crippen molar-refractivity contribution in [3.05, 3.63) is 70.2 Å². The third-order valence-electron chi connectivity index (χ3n) is 4.42. The molecule has 1 aliphatic rings. The highest BCUT2D eigenvalue weighted by molar-refractivity contribution is 9.10. The second kappa shape index (κ2) is 6.55. The van der Waals surface area contributed by atoms with Crippen molar-refractivity contribution in [1.82, 2.24) is 0 Å². The summed E-state index contributed by atoms with van der Waals surface area (Å²) in [6.07, 6.45) is 0. The average Bonchev–Trinajstić information content (AvgIpc) is 2.66. The molecule has 3 aromatic rings. The first-order valence-corrected chi connectivity index (χ1v) is 8.96. The van der Waals surface area contributed by atoms with Crippen molar-refractivity contribution in [3.63, 3.8) is 0 Å². The van der Waals surface area contributed by atoms with Crippen molar-refractivity contribution in [2.24, 2.45) is 0 Å². The predicted molar refractivity (Wildman–Crippen MR) is 105 cm³/mol. The SMILES string of the molecule is O=C1c2cccc3c(NCCO)ccc(c23)C(=O)N1c1ccc(Br)cc1. The number of rotatable bonds is 4. The number of halogens is 1. The average molecular weight is 411 g/mol. The molecule has 5 nitrogen and oxygen atoms in total. The van der Waals surface area contributed by atoms with Crippen LogP contribution in [0.5, 0.6) is 0 Å². The van der Waals surface area contributed by atoms with Gasteiger partial charge in [0.15, 0.2) is 0 Å². The number of nitrogens with zero attached hydrogens (tertiary/aromatic N) is 1. The Morgan fingerprint density at radius 3 is 2.31 bits per heavy atom. The fourth-order valence-electron chi connectivity index (χ4n) is 3.27. The van der Waals surface area contributed by atoms with Gasteiger partial charge >= 0.3 is 0 Å². The highest BCUT2D eigenvalue weighted by atomic mass is 79.9. The lowest BCUT2D eigenvalue weighted by molar-refractivity contribution is 0.0893. The van der Waals surface area contributed by atoms with Crippen LogP contribution < -0.4 is 10.2 Å². The van der Waals surface area contributed by atoms with Crippen molar-refractivity contribution >= 4 is 49.9 Å². The molecule has 0 saturated carbocycles. The zero-order chi connectivity index (χ0) is 18.3. The summed E-state index contributed by atoms with van der Waals surface area (Å²) in [5.74, 6) is -0.676. The molecular formula is C20H15BrN2O3. The van der Waals surface area contributed by atoms with E-state index in [1.54, 1.807) is 42.5 Å². The van der Waals surface area contributed by atoms with Gasteiger partial charge in [0.25, 0.3) is 11.8 Å². The number of carbonyl (C=O) groups is 2. The van der Waals surface area contributed by atoms with Gasteiger partial charge in [-0.05, 0) is 42.5 Å². The van der Waals surface area contributed by atoms with E-state index in [2.05, 4.69) is 21.2 Å². The summed E-state index contributed by atoms with van der Waals surface area (Å²) in [4.78, 5) is 27.3. The van der Waals surface area contributed by atoms with Crippen LogP contribution in [-0.2, 0) is 0 Å². The molecule has 0 unspecified atom stereocenters. The summed E-state index contributed by atoms with van der Waals surface area (Å²) in [7, 11) is 0. The number of nitrogens with one attached hydrogen (secondary N) is 1. The Bertz CT molecular complexity index is 1010. The van der Waals surface area contributed by atoms with Crippen LogP contribution in [0.1, 0.15) is 20.7 Å². The van der Waals surface area contributed by atoms with E-state index in [1.807, 2.05) is 12.1 Å². The Labute approximate surface area is 158 Å². The number of aliphatic hydroxyl groups excluding tert-OH is 1. The third-order valence-corrected chi connectivity index (χ3v) is 4.95. The molecule has 0 radical (unpaired) electrons. The Kier molecular flexibility index (Phi) is 4.22. The molecule has 3 aromatic carbocycles. The summed E-state index contributed by atoms with van der Waals surface area (Å²) >= 11 is 3.36. The molecule has 4 rings (SSSR count). The predicted octanol–water partition coefficient (Wildman–Crippen LogP) is 3.81. The highest BCUT2D eigenvalue weighted by Crippen LogP contribution is 2.36. The molecule has 0 fully saturated rings. The number of hydrogen-bond acceptors (Lipinski definition) is 4. The van der Waals surface area contributed by atoms with E-state index in [4.69, 9.17) is 5.11 Å². The maximum absolute atomic E-state index is 13.1. The maximum atomic E-state index is 13.1. The van der Waals surface area contributed by atoms with Crippen LogP contribution >= 0.6 is 15.9 Å². The van der Waals surface area contributed by atoms with Crippen molar-refractivity contribution in [2.45, 2.75) is 0 Å². The summed E-state index contributed by atoms with van der Waals surface area (Å²) in [5.41, 5.74) is 2.31. The van der Waals surface area contributed by atoms with E-state index in [0.29, 0.717) is 28.7 Å². The number of hydrogen-bond donors (Lipinski definition) is 2. The van der Waals surface area contributed by atoms with Gasteiger partial charge in [-0.2, -0.15) is 0 Å². The number of anilines is 2. The van der Waals surface area contributed by atoms with Crippen molar-refractivity contribution in [1.29, 1.82) is 0 Å². The smallest absolute Gasteiger partial charge is 0.265 e. The van der Waals surface area contributed by atoms with E-state index in [-0.39, 0.29) is 18.4 Å². The van der Waals surface area contributed by atoms with Gasteiger partial charge in [-0.15, -0.1) is 0 Å². The first kappa shape index (κ1) is 16.8. The number of imide groups is 1. The van der Waals surface area contributed by atoms with E-state index >= 15 is 0 Å². The van der Waals surface area contributed by atoms with Gasteiger partial charge < -0.3 is 10.4 Å². The summed E-state index contributed by atoms with van der Waals surface area (Å²) in [6.45, 7) is 0.393. The Morgan fingerprint density at radius 1 is 0.923 bits per heavy atom. The molecule has 1 aliphatic heterocycles. The molecule has 1 heterocycles. The summed E-state index contributed by atoms with van der Waals surface area (Å²) < 4.78 is 0.875. The normalized spacial score (nSPS) is 13.4. The lowest BCUT2D eigenvalue weighted by Crippen LogP contribution is -2.40. The topological polar surface area (TPSA) is 69.6 Å². The van der Waals surface area contributed by atoms with Crippen LogP contribution in [-0.4, -0.2) is 30.1 Å². The van der Waals surface area contributed by atoms with Crippen LogP contribution in [0.15, 0.2) is 59.1 Å². The molecule has 130 valence electrons. The zero-order valence-corrected chi connectivity index (χ0v) is 15.3. The lowest BCUT2D eigenvalue weighted by Gasteiger charge is -2.28. The van der Waals surface area contributed by atoms with E-state index in [1.165, 1.54) is 4.90 Å². The molecule has 0 spiro atoms. The Balaban J connectivity index is 1.89. The van der Waals surface area contributed by atoms with Gasteiger partial charge in [0.2, 0.25) is 0 Å². The largest absolute Gasteiger partial charge is 0.395 e. The van der Waals surface area contributed by atoms with Gasteiger partial charge in [-0.3, -0.25) is 9.59 Å². The van der Waals surface area contributed by atoms with E-state index in [0.717, 1.165) is 15.5 Å². The molecule has 0 bridgehead atoms. The molecule has 0 aromatic heterocycles. The minimum absolute atomic E-state index is 0.00184. The number of carbonyl (C=O) groups excluding carboxylic acids is 2. The number of amides is 2. The molecule has 0 atom stereocenters. The Morgan fingerprint density at radius 2 is 1.62 bits per heavy atom. The first-order chi connectivity index (χ1) is 12.6. The minimum atomic E-state index is -0.338. The van der Waals surface area contributed by atoms with Gasteiger partial charge in [-0.1, -0.05) is 28.1 Å². The van der Waals surface area contributed by atoms with Crippen LogP contribution in [0.2, 0.25) is 0 Å². The van der Waals surface area contributed by atoms with Gasteiger partial charge in [0.05, 0.1) is 12.3 Å². The quantitative estimate of drug-likeness (QED) is 0.641. The fourth-order valence-corrected chi connectivity index (χ4v) is 3.53. The molecule has 0 aliphatic carbocycles. The minimum Gasteiger partial charge on any atom is -0.395 e. The maximum Gasteiger partial charge on any atom is 0.265 e. The number of benzene rings is 3. The van der Waals surface area contributed by atoms with Crippen molar-refractivity contribution in [2.75, 3.05) is 23.4 Å². The second-order valence-electron chi connectivity index (χ2n) is 5.96. The zero-order valence-electron chi connectivity index (χ0n) is 13.7. The molecular weight excluding hydrogens is 396 g/mol.